The maximum Gasteiger partial charge on any atom is 0.290 e. The van der Waals surface area contributed by atoms with Gasteiger partial charge in [0.2, 0.25) is 0 Å². The standard InChI is InChI=1S/C23H25NO5S2/c1-28-20-9-5-6-17(14-20)15-24(19-10-13-31(26,27)16-19)23(25)21-22(30-12-11-29-21)18-7-3-2-4-8-18/h2-9,14,19H,10-13,15-16H2,1H3. The fraction of sp³-hybridized carbons (Fsp3) is 0.348. The van der Waals surface area contributed by atoms with E-state index in [1.54, 1.807) is 23.8 Å². The topological polar surface area (TPSA) is 72.9 Å². The van der Waals surface area contributed by atoms with Crippen molar-refractivity contribution in [1.82, 2.24) is 4.90 Å². The summed E-state index contributed by atoms with van der Waals surface area (Å²) in [6.07, 6.45) is 0.430. The highest BCUT2D eigenvalue weighted by Gasteiger charge is 2.37. The average molecular weight is 460 g/mol. The first kappa shape index (κ1) is 21.8. The molecule has 0 bridgehead atoms. The summed E-state index contributed by atoms with van der Waals surface area (Å²) in [6, 6.07) is 16.8. The van der Waals surface area contributed by atoms with Gasteiger partial charge in [-0.05, 0) is 29.7 Å². The van der Waals surface area contributed by atoms with Crippen molar-refractivity contribution in [1.29, 1.82) is 0 Å². The van der Waals surface area contributed by atoms with Gasteiger partial charge in [0, 0.05) is 18.3 Å². The van der Waals surface area contributed by atoms with Crippen LogP contribution in [0.1, 0.15) is 17.5 Å². The molecule has 1 amide bonds. The van der Waals surface area contributed by atoms with Crippen LogP contribution < -0.4 is 4.74 Å². The number of amides is 1. The number of benzene rings is 2. The van der Waals surface area contributed by atoms with Crippen LogP contribution in [0.3, 0.4) is 0 Å². The zero-order valence-electron chi connectivity index (χ0n) is 17.3. The van der Waals surface area contributed by atoms with Crippen molar-refractivity contribution in [3.05, 3.63) is 71.5 Å². The summed E-state index contributed by atoms with van der Waals surface area (Å²) in [5, 5.41) is 0. The van der Waals surface area contributed by atoms with E-state index in [0.717, 1.165) is 21.8 Å². The van der Waals surface area contributed by atoms with Crippen LogP contribution in [0, 0.1) is 0 Å². The second kappa shape index (κ2) is 9.36. The molecule has 0 aromatic heterocycles. The number of nitrogens with zero attached hydrogens (tertiary/aromatic N) is 1. The number of ether oxygens (including phenoxy) is 2. The molecule has 31 heavy (non-hydrogen) atoms. The van der Waals surface area contributed by atoms with Gasteiger partial charge in [0.25, 0.3) is 5.91 Å². The van der Waals surface area contributed by atoms with Crippen molar-refractivity contribution < 1.29 is 22.7 Å². The minimum atomic E-state index is -3.16. The third-order valence-corrected chi connectivity index (χ3v) is 8.24. The number of carbonyl (C=O) groups excluding carboxylic acids is 1. The monoisotopic (exact) mass is 459 g/mol. The first-order valence-corrected chi connectivity index (χ1v) is 13.0. The lowest BCUT2D eigenvalue weighted by atomic mass is 10.1. The van der Waals surface area contributed by atoms with Crippen LogP contribution in [0.4, 0.5) is 0 Å². The molecule has 164 valence electrons. The molecule has 1 unspecified atom stereocenters. The Balaban J connectivity index is 1.71. The Hall–Kier alpha value is -2.45. The number of thioether (sulfide) groups is 1. The van der Waals surface area contributed by atoms with E-state index in [1.807, 2.05) is 54.6 Å². The van der Waals surface area contributed by atoms with E-state index < -0.39 is 9.84 Å². The maximum absolute atomic E-state index is 13.7. The molecule has 6 nitrogen and oxygen atoms in total. The SMILES string of the molecule is COc1cccc(CN(C(=O)C2=C(c3ccccc3)SCCO2)C2CCS(=O)(=O)C2)c1. The second-order valence-electron chi connectivity index (χ2n) is 7.56. The highest BCUT2D eigenvalue weighted by atomic mass is 32.2. The van der Waals surface area contributed by atoms with Gasteiger partial charge < -0.3 is 14.4 Å². The summed E-state index contributed by atoms with van der Waals surface area (Å²) in [6.45, 7) is 0.730. The molecule has 0 N–H and O–H groups in total. The minimum Gasteiger partial charge on any atom is -0.497 e. The lowest BCUT2D eigenvalue weighted by molar-refractivity contribution is -0.133. The normalized spacial score (nSPS) is 20.2. The van der Waals surface area contributed by atoms with E-state index in [9.17, 15) is 13.2 Å². The Morgan fingerprint density at radius 3 is 2.71 bits per heavy atom. The predicted molar refractivity (Wildman–Crippen MR) is 122 cm³/mol. The van der Waals surface area contributed by atoms with E-state index in [-0.39, 0.29) is 30.0 Å². The molecule has 0 aliphatic carbocycles. The second-order valence-corrected chi connectivity index (χ2v) is 10.9. The number of methoxy groups -OCH3 is 1. The quantitative estimate of drug-likeness (QED) is 0.660. The highest BCUT2D eigenvalue weighted by Crippen LogP contribution is 2.36. The summed E-state index contributed by atoms with van der Waals surface area (Å²) >= 11 is 1.59. The number of hydrogen-bond acceptors (Lipinski definition) is 6. The van der Waals surface area contributed by atoms with E-state index in [0.29, 0.717) is 24.5 Å². The molecule has 1 saturated heterocycles. The summed E-state index contributed by atoms with van der Waals surface area (Å²) < 4.78 is 35.5. The summed E-state index contributed by atoms with van der Waals surface area (Å²) in [5.41, 5.74) is 1.80. The molecule has 1 fully saturated rings. The van der Waals surface area contributed by atoms with E-state index in [4.69, 9.17) is 9.47 Å². The first-order chi connectivity index (χ1) is 15.0. The van der Waals surface area contributed by atoms with Crippen LogP contribution in [0.25, 0.3) is 4.91 Å². The molecule has 2 aromatic carbocycles. The van der Waals surface area contributed by atoms with Crippen molar-refractivity contribution in [2.45, 2.75) is 19.0 Å². The summed E-state index contributed by atoms with van der Waals surface area (Å²) in [5.74, 6) is 1.56. The Labute approximate surface area is 187 Å². The molecular formula is C23H25NO5S2. The molecule has 1 atom stereocenters. The van der Waals surface area contributed by atoms with Crippen LogP contribution in [0.5, 0.6) is 5.75 Å². The zero-order chi connectivity index (χ0) is 21.8. The minimum absolute atomic E-state index is 0.0240. The smallest absolute Gasteiger partial charge is 0.290 e. The van der Waals surface area contributed by atoms with Crippen molar-refractivity contribution >= 4 is 32.4 Å². The van der Waals surface area contributed by atoms with Gasteiger partial charge in [0.15, 0.2) is 15.6 Å². The van der Waals surface area contributed by atoms with Gasteiger partial charge in [-0.1, -0.05) is 42.5 Å². The molecule has 4 rings (SSSR count). The van der Waals surface area contributed by atoms with E-state index in [1.165, 1.54) is 0 Å². The zero-order valence-corrected chi connectivity index (χ0v) is 19.0. The molecule has 2 aliphatic rings. The van der Waals surface area contributed by atoms with Crippen molar-refractivity contribution in [3.63, 3.8) is 0 Å². The highest BCUT2D eigenvalue weighted by molar-refractivity contribution is 8.08. The Morgan fingerprint density at radius 2 is 2.00 bits per heavy atom. The largest absolute Gasteiger partial charge is 0.497 e. The molecule has 8 heteroatoms. The molecular weight excluding hydrogens is 434 g/mol. The van der Waals surface area contributed by atoms with Crippen LogP contribution in [-0.2, 0) is 25.9 Å². The maximum atomic E-state index is 13.7. The average Bonchev–Trinajstić information content (AvgIpc) is 3.17. The molecule has 2 heterocycles. The van der Waals surface area contributed by atoms with Crippen LogP contribution in [0.15, 0.2) is 60.4 Å². The van der Waals surface area contributed by atoms with Gasteiger partial charge in [-0.3, -0.25) is 4.79 Å². The number of hydrogen-bond donors (Lipinski definition) is 0. The Kier molecular flexibility index (Phi) is 6.57. The third-order valence-electron chi connectivity index (χ3n) is 5.41. The number of carbonyl (C=O) groups is 1. The van der Waals surface area contributed by atoms with Crippen molar-refractivity contribution in [2.75, 3.05) is 31.0 Å². The lowest BCUT2D eigenvalue weighted by Crippen LogP contribution is -2.42. The first-order valence-electron chi connectivity index (χ1n) is 10.2. The molecule has 2 aliphatic heterocycles. The van der Waals surface area contributed by atoms with Gasteiger partial charge in [-0.15, -0.1) is 11.8 Å². The molecule has 0 radical (unpaired) electrons. The van der Waals surface area contributed by atoms with Crippen LogP contribution in [0.2, 0.25) is 0 Å². The van der Waals surface area contributed by atoms with Gasteiger partial charge in [-0.25, -0.2) is 8.42 Å². The van der Waals surface area contributed by atoms with E-state index >= 15 is 0 Å². The van der Waals surface area contributed by atoms with Gasteiger partial charge >= 0.3 is 0 Å². The Morgan fingerprint density at radius 1 is 1.19 bits per heavy atom. The third kappa shape index (κ3) is 5.07. The number of rotatable bonds is 6. The van der Waals surface area contributed by atoms with Gasteiger partial charge in [-0.2, -0.15) is 0 Å². The predicted octanol–water partition coefficient (Wildman–Crippen LogP) is 3.34. The van der Waals surface area contributed by atoms with E-state index in [2.05, 4.69) is 0 Å². The van der Waals surface area contributed by atoms with Gasteiger partial charge in [0.1, 0.15) is 5.75 Å². The fourth-order valence-electron chi connectivity index (χ4n) is 3.87. The fourth-order valence-corrected chi connectivity index (χ4v) is 6.55. The molecule has 2 aromatic rings. The Bertz CT molecular complexity index is 1080. The van der Waals surface area contributed by atoms with Crippen molar-refractivity contribution in [3.8, 4) is 5.75 Å². The van der Waals surface area contributed by atoms with Crippen molar-refractivity contribution in [2.24, 2.45) is 0 Å². The van der Waals surface area contributed by atoms with Crippen LogP contribution in [-0.4, -0.2) is 56.2 Å². The molecule has 0 spiro atoms. The summed E-state index contributed by atoms with van der Waals surface area (Å²) in [4.78, 5) is 16.2. The molecule has 0 saturated carbocycles. The summed E-state index contributed by atoms with van der Waals surface area (Å²) in [7, 11) is -1.56. The van der Waals surface area contributed by atoms with Crippen LogP contribution >= 0.6 is 11.8 Å². The lowest BCUT2D eigenvalue weighted by Gasteiger charge is -2.31. The number of sulfone groups is 1. The van der Waals surface area contributed by atoms with Gasteiger partial charge in [0.05, 0.1) is 30.1 Å².